The quantitative estimate of drug-likeness (QED) is 0.482. The van der Waals surface area contributed by atoms with E-state index in [1.807, 2.05) is 0 Å². The standard InChI is InChI=1S/C25H29FN6O5S/c1-14-16(25(33)31-38(27)7-3-4-8-38)10-32-21(14)24(28-13-29-32)30-17-6-5-15(26)9-18(17)37-20-12-36-22-19(34-2)11-35-23(20)22/h5-6,9-10,13,19-20,22-23,27H,3-4,7-8,11-12H2,1-2H3,(H,28,29,30)/t19-,20-,22-,23-/m1/s1. The fourth-order valence-electron chi connectivity index (χ4n) is 5.27. The Kier molecular flexibility index (Phi) is 6.54. The average molecular weight is 545 g/mol. The predicted octanol–water partition coefficient (Wildman–Crippen LogP) is 3.51. The van der Waals surface area contributed by atoms with Crippen LogP contribution >= 0.6 is 0 Å². The smallest absolute Gasteiger partial charge is 0.285 e. The Labute approximate surface area is 219 Å². The number of hydrogen-bond donors (Lipinski definition) is 2. The number of nitrogens with one attached hydrogen (secondary N) is 2. The number of ether oxygens (including phenoxy) is 4. The van der Waals surface area contributed by atoms with E-state index in [0.29, 0.717) is 46.3 Å². The third kappa shape index (κ3) is 4.53. The zero-order chi connectivity index (χ0) is 26.4. The maximum Gasteiger partial charge on any atom is 0.285 e. The lowest BCUT2D eigenvalue weighted by Gasteiger charge is -2.20. The van der Waals surface area contributed by atoms with Gasteiger partial charge < -0.3 is 24.3 Å². The van der Waals surface area contributed by atoms with Gasteiger partial charge in [0.25, 0.3) is 5.91 Å². The van der Waals surface area contributed by atoms with E-state index in [0.717, 1.165) is 12.8 Å². The second kappa shape index (κ2) is 9.88. The van der Waals surface area contributed by atoms with Crippen molar-refractivity contribution in [3.63, 3.8) is 0 Å². The van der Waals surface area contributed by atoms with Crippen LogP contribution in [0.15, 0.2) is 35.1 Å². The first kappa shape index (κ1) is 25.2. The molecule has 38 heavy (non-hydrogen) atoms. The summed E-state index contributed by atoms with van der Waals surface area (Å²) in [6.45, 7) is 2.49. The number of aromatic nitrogens is 3. The van der Waals surface area contributed by atoms with Gasteiger partial charge in [-0.15, -0.1) is 0 Å². The summed E-state index contributed by atoms with van der Waals surface area (Å²) < 4.78 is 52.0. The van der Waals surface area contributed by atoms with E-state index in [1.54, 1.807) is 30.8 Å². The summed E-state index contributed by atoms with van der Waals surface area (Å²) in [4.78, 5) is 17.4. The first-order valence-corrected chi connectivity index (χ1v) is 14.4. The van der Waals surface area contributed by atoms with Crippen LogP contribution in [0.1, 0.15) is 28.8 Å². The second-order valence-electron chi connectivity index (χ2n) is 9.72. The van der Waals surface area contributed by atoms with Crippen molar-refractivity contribution in [3.8, 4) is 5.75 Å². The number of aryl methyl sites for hydroxylation is 1. The molecule has 5 heterocycles. The normalized spacial score (nSPS) is 26.0. The Morgan fingerprint density at radius 1 is 1.24 bits per heavy atom. The molecular weight excluding hydrogens is 515 g/mol. The van der Waals surface area contributed by atoms with E-state index in [4.69, 9.17) is 23.7 Å². The van der Waals surface area contributed by atoms with Gasteiger partial charge in [0.15, 0.2) is 11.9 Å². The number of nitrogens with zero attached hydrogens (tertiary/aromatic N) is 4. The van der Waals surface area contributed by atoms with Crippen LogP contribution in [-0.4, -0.2) is 76.8 Å². The van der Waals surface area contributed by atoms with E-state index in [1.165, 1.54) is 18.5 Å². The minimum absolute atomic E-state index is 0.172. The maximum absolute atomic E-state index is 14.3. The number of methoxy groups -OCH3 is 1. The molecule has 11 nitrogen and oxygen atoms in total. The lowest BCUT2D eigenvalue weighted by atomic mass is 10.1. The molecule has 0 saturated carbocycles. The van der Waals surface area contributed by atoms with Gasteiger partial charge in [-0.2, -0.15) is 9.46 Å². The Hall–Kier alpha value is -3.13. The third-order valence-electron chi connectivity index (χ3n) is 7.27. The van der Waals surface area contributed by atoms with Gasteiger partial charge in [-0.1, -0.05) is 9.62 Å². The topological polar surface area (TPSA) is 132 Å². The Morgan fingerprint density at radius 2 is 1.97 bits per heavy atom. The summed E-state index contributed by atoms with van der Waals surface area (Å²) in [7, 11) is -0.399. The molecule has 3 aliphatic heterocycles. The van der Waals surface area contributed by atoms with Crippen molar-refractivity contribution in [1.82, 2.24) is 14.6 Å². The molecular formula is C25H29FN6O5S. The van der Waals surface area contributed by atoms with Crippen LogP contribution in [0.4, 0.5) is 15.9 Å². The van der Waals surface area contributed by atoms with Crippen molar-refractivity contribution in [3.05, 3.63) is 47.7 Å². The molecule has 0 bridgehead atoms. The zero-order valence-corrected chi connectivity index (χ0v) is 21.9. The van der Waals surface area contributed by atoms with Crippen molar-refractivity contribution in [2.24, 2.45) is 4.36 Å². The number of benzene rings is 1. The Balaban J connectivity index is 1.30. The number of carbonyl (C=O) groups is 1. The summed E-state index contributed by atoms with van der Waals surface area (Å²) in [5.41, 5.74) is 2.09. The molecule has 3 fully saturated rings. The van der Waals surface area contributed by atoms with Crippen LogP contribution in [0.5, 0.6) is 5.75 Å². The lowest BCUT2D eigenvalue weighted by Crippen LogP contribution is -2.35. The first-order chi connectivity index (χ1) is 18.3. The molecule has 13 heteroatoms. The molecule has 1 amide bonds. The van der Waals surface area contributed by atoms with Crippen molar-refractivity contribution in [1.29, 1.82) is 4.78 Å². The molecule has 2 aromatic heterocycles. The van der Waals surface area contributed by atoms with Crippen LogP contribution in [-0.2, 0) is 23.8 Å². The van der Waals surface area contributed by atoms with E-state index >= 15 is 0 Å². The zero-order valence-electron chi connectivity index (χ0n) is 21.1. The van der Waals surface area contributed by atoms with Gasteiger partial charge in [-0.3, -0.25) is 9.57 Å². The van der Waals surface area contributed by atoms with Crippen LogP contribution in [0.25, 0.3) is 5.52 Å². The molecule has 6 rings (SSSR count). The molecule has 202 valence electrons. The molecule has 2 N–H and O–H groups in total. The number of rotatable bonds is 6. The molecule has 3 aliphatic rings. The van der Waals surface area contributed by atoms with Crippen molar-refractivity contribution < 1.29 is 28.1 Å². The molecule has 3 aromatic rings. The predicted molar refractivity (Wildman–Crippen MR) is 138 cm³/mol. The number of fused-ring (bicyclic) bond motifs is 2. The van der Waals surface area contributed by atoms with Crippen molar-refractivity contribution >= 4 is 32.5 Å². The van der Waals surface area contributed by atoms with Gasteiger partial charge >= 0.3 is 0 Å². The second-order valence-corrected chi connectivity index (χ2v) is 12.4. The summed E-state index contributed by atoms with van der Waals surface area (Å²) in [5, 5.41) is 7.49. The summed E-state index contributed by atoms with van der Waals surface area (Å²) in [5.74, 6) is 1.16. The summed E-state index contributed by atoms with van der Waals surface area (Å²) in [6, 6.07) is 4.19. The van der Waals surface area contributed by atoms with Crippen LogP contribution in [0.2, 0.25) is 0 Å². The summed E-state index contributed by atoms with van der Waals surface area (Å²) in [6.07, 6.45) is 3.67. The maximum atomic E-state index is 14.3. The Morgan fingerprint density at radius 3 is 2.74 bits per heavy atom. The number of hydrogen-bond acceptors (Lipinski definition) is 9. The minimum atomic E-state index is -2.01. The highest BCUT2D eigenvalue weighted by molar-refractivity contribution is 7.95. The number of carbonyl (C=O) groups excluding carboxylic acids is 1. The van der Waals surface area contributed by atoms with Gasteiger partial charge in [-0.05, 0) is 37.5 Å². The largest absolute Gasteiger partial charge is 0.483 e. The monoisotopic (exact) mass is 544 g/mol. The molecule has 0 spiro atoms. The van der Waals surface area contributed by atoms with Gasteiger partial charge in [-0.25, -0.2) is 13.9 Å². The SMILES string of the molecule is CO[C@@H]1CO[C@H]2[C@@H]1OC[C@H]2Oc1cc(F)ccc1Nc1ncnn2cc(C(=O)N=S3(=N)CCCC3)c(C)c12. The van der Waals surface area contributed by atoms with E-state index < -0.39 is 27.4 Å². The highest BCUT2D eigenvalue weighted by Crippen LogP contribution is 2.36. The molecule has 0 aliphatic carbocycles. The lowest BCUT2D eigenvalue weighted by molar-refractivity contribution is -0.0138. The number of anilines is 2. The molecule has 0 radical (unpaired) electrons. The van der Waals surface area contributed by atoms with Gasteiger partial charge in [0, 0.05) is 30.9 Å². The van der Waals surface area contributed by atoms with Gasteiger partial charge in [0.1, 0.15) is 41.7 Å². The first-order valence-electron chi connectivity index (χ1n) is 12.5. The Bertz CT molecular complexity index is 1510. The fraction of sp³-hybridized carbons (Fsp3) is 0.480. The van der Waals surface area contributed by atoms with Crippen LogP contribution < -0.4 is 10.1 Å². The molecule has 4 atom stereocenters. The van der Waals surface area contributed by atoms with Gasteiger partial charge in [0.2, 0.25) is 0 Å². The fourth-order valence-corrected chi connectivity index (χ4v) is 7.44. The van der Waals surface area contributed by atoms with Crippen molar-refractivity contribution in [2.45, 2.75) is 44.2 Å². The highest BCUT2D eigenvalue weighted by Gasteiger charge is 2.49. The average Bonchev–Trinajstić information content (AvgIpc) is 3.66. The van der Waals surface area contributed by atoms with E-state index in [2.05, 4.69) is 19.8 Å². The number of halogens is 1. The summed E-state index contributed by atoms with van der Waals surface area (Å²) >= 11 is 0. The van der Waals surface area contributed by atoms with Crippen LogP contribution in [0, 0.1) is 17.5 Å². The third-order valence-corrected chi connectivity index (χ3v) is 9.71. The molecule has 0 unspecified atom stereocenters. The number of amides is 1. The van der Waals surface area contributed by atoms with E-state index in [-0.39, 0.29) is 30.7 Å². The van der Waals surface area contributed by atoms with Gasteiger partial charge in [0.05, 0.1) is 24.5 Å². The van der Waals surface area contributed by atoms with Crippen molar-refractivity contribution in [2.75, 3.05) is 37.1 Å². The molecule has 3 saturated heterocycles. The molecule has 1 aromatic carbocycles. The van der Waals surface area contributed by atoms with Crippen LogP contribution in [0.3, 0.4) is 0 Å². The highest BCUT2D eigenvalue weighted by atomic mass is 32.2. The minimum Gasteiger partial charge on any atom is -0.483 e. The van der Waals surface area contributed by atoms with E-state index in [9.17, 15) is 9.18 Å².